The molecule has 1 saturated carbocycles. The van der Waals surface area contributed by atoms with Crippen molar-refractivity contribution in [1.29, 1.82) is 0 Å². The minimum absolute atomic E-state index is 0.0962. The number of rotatable bonds is 12. The highest BCUT2D eigenvalue weighted by Crippen LogP contribution is 2.35. The van der Waals surface area contributed by atoms with Crippen molar-refractivity contribution in [1.82, 2.24) is 10.3 Å². The third-order valence-corrected chi connectivity index (χ3v) is 6.74. The van der Waals surface area contributed by atoms with Gasteiger partial charge in [0.1, 0.15) is 23.3 Å². The smallest absolute Gasteiger partial charge is 0.333 e. The number of esters is 2. The number of carbonyl (C=O) groups is 3. The third-order valence-electron chi connectivity index (χ3n) is 6.74. The Morgan fingerprint density at radius 2 is 1.45 bits per heavy atom. The van der Waals surface area contributed by atoms with Gasteiger partial charge in [-0.1, -0.05) is 24.3 Å². The van der Waals surface area contributed by atoms with Crippen LogP contribution in [-0.4, -0.2) is 50.2 Å². The van der Waals surface area contributed by atoms with Crippen molar-refractivity contribution >= 4 is 23.4 Å². The Kier molecular flexibility index (Phi) is 9.80. The van der Waals surface area contributed by atoms with E-state index >= 15 is 0 Å². The predicted molar refractivity (Wildman–Crippen MR) is 154 cm³/mol. The van der Waals surface area contributed by atoms with Crippen LogP contribution >= 0.6 is 0 Å². The summed E-state index contributed by atoms with van der Waals surface area (Å²) in [5.41, 5.74) is 2.08. The topological polar surface area (TPSA) is 122 Å². The number of carbonyl (C=O) groups excluding carboxylic acids is 3. The van der Waals surface area contributed by atoms with Crippen molar-refractivity contribution in [2.24, 2.45) is 5.92 Å². The fourth-order valence-corrected chi connectivity index (χ4v) is 4.27. The molecule has 1 fully saturated rings. The van der Waals surface area contributed by atoms with Gasteiger partial charge in [-0.3, -0.25) is 9.59 Å². The number of pyridine rings is 1. The molecule has 1 aromatic heterocycles. The Bertz CT molecular complexity index is 1410. The summed E-state index contributed by atoms with van der Waals surface area (Å²) in [6.45, 7) is 3.17. The summed E-state index contributed by atoms with van der Waals surface area (Å²) >= 11 is 0. The zero-order valence-electron chi connectivity index (χ0n) is 24.3. The maximum atomic E-state index is 13.2. The molecule has 0 bridgehead atoms. The second-order valence-corrected chi connectivity index (χ2v) is 9.82. The fraction of sp³-hybridized carbons (Fsp3) is 0.312. The summed E-state index contributed by atoms with van der Waals surface area (Å²) in [4.78, 5) is 42.8. The molecule has 1 atom stereocenters. The summed E-state index contributed by atoms with van der Waals surface area (Å²) in [6.07, 6.45) is 3.55. The number of allylic oxidation sites excluding steroid dienone is 1. The van der Waals surface area contributed by atoms with Crippen LogP contribution in [0.15, 0.2) is 66.6 Å². The highest BCUT2D eigenvalue weighted by molar-refractivity contribution is 5.99. The highest BCUT2D eigenvalue weighted by atomic mass is 16.6. The van der Waals surface area contributed by atoms with Gasteiger partial charge in [-0.2, -0.15) is 0 Å². The molecule has 1 N–H and O–H groups in total. The van der Waals surface area contributed by atoms with Gasteiger partial charge < -0.3 is 29.0 Å². The molecule has 1 aliphatic carbocycles. The molecule has 4 rings (SSSR count). The van der Waals surface area contributed by atoms with Gasteiger partial charge in [0.25, 0.3) is 5.91 Å². The number of hydrogen-bond donors (Lipinski definition) is 1. The van der Waals surface area contributed by atoms with Crippen LogP contribution in [0.5, 0.6) is 23.0 Å². The van der Waals surface area contributed by atoms with E-state index in [9.17, 15) is 14.4 Å². The lowest BCUT2D eigenvalue weighted by atomic mass is 9.96. The van der Waals surface area contributed by atoms with Gasteiger partial charge in [0.2, 0.25) is 5.75 Å². The molecule has 220 valence electrons. The zero-order valence-corrected chi connectivity index (χ0v) is 24.3. The van der Waals surface area contributed by atoms with Gasteiger partial charge in [0.05, 0.1) is 21.3 Å². The average Bonchev–Trinajstić information content (AvgIpc) is 3.81. The Morgan fingerprint density at radius 3 is 1.95 bits per heavy atom. The maximum Gasteiger partial charge on any atom is 0.333 e. The van der Waals surface area contributed by atoms with E-state index in [0.717, 1.165) is 24.0 Å². The Labute approximate surface area is 244 Å². The first-order valence-corrected chi connectivity index (χ1v) is 13.5. The van der Waals surface area contributed by atoms with Crippen LogP contribution in [0.4, 0.5) is 0 Å². The molecule has 0 saturated heterocycles. The van der Waals surface area contributed by atoms with Crippen LogP contribution in [-0.2, 0) is 14.3 Å². The number of nitrogens with one attached hydrogen (secondary N) is 1. The molecular formula is C32H34N2O8. The van der Waals surface area contributed by atoms with E-state index in [1.54, 1.807) is 21.1 Å². The van der Waals surface area contributed by atoms with Crippen molar-refractivity contribution < 1.29 is 38.1 Å². The Morgan fingerprint density at radius 1 is 0.881 bits per heavy atom. The first-order chi connectivity index (χ1) is 20.2. The maximum absolute atomic E-state index is 13.2. The van der Waals surface area contributed by atoms with Gasteiger partial charge in [-0.15, -0.1) is 0 Å². The predicted octanol–water partition coefficient (Wildman–Crippen LogP) is 4.95. The highest BCUT2D eigenvalue weighted by Gasteiger charge is 2.29. The molecule has 3 aromatic rings. The molecular weight excluding hydrogens is 540 g/mol. The minimum atomic E-state index is -1.07. The molecule has 10 nitrogen and oxygen atoms in total. The number of benzene rings is 2. The summed E-state index contributed by atoms with van der Waals surface area (Å²) in [5, 5.41) is 2.59. The molecule has 0 spiro atoms. The Hall–Kier alpha value is -4.86. The number of ether oxygens (including phenoxy) is 5. The van der Waals surface area contributed by atoms with E-state index in [2.05, 4.69) is 10.3 Å². The van der Waals surface area contributed by atoms with E-state index < -0.39 is 23.9 Å². The lowest BCUT2D eigenvalue weighted by Gasteiger charge is -2.18. The fourth-order valence-electron chi connectivity index (χ4n) is 4.27. The summed E-state index contributed by atoms with van der Waals surface area (Å²) < 4.78 is 27.1. The summed E-state index contributed by atoms with van der Waals surface area (Å²) in [7, 11) is 4.56. The van der Waals surface area contributed by atoms with E-state index in [-0.39, 0.29) is 23.6 Å². The van der Waals surface area contributed by atoms with Crippen molar-refractivity contribution in [3.63, 3.8) is 0 Å². The number of nitrogens with zero attached hydrogens (tertiary/aromatic N) is 1. The number of methoxy groups -OCH3 is 3. The quantitative estimate of drug-likeness (QED) is 0.236. The van der Waals surface area contributed by atoms with Crippen LogP contribution in [0.2, 0.25) is 0 Å². The van der Waals surface area contributed by atoms with Crippen LogP contribution < -0.4 is 24.3 Å². The largest absolute Gasteiger partial charge is 0.497 e. The van der Waals surface area contributed by atoms with Crippen LogP contribution in [0.1, 0.15) is 54.7 Å². The Balaban J connectivity index is 1.54. The number of amides is 1. The third kappa shape index (κ3) is 7.45. The molecule has 1 heterocycles. The first-order valence-electron chi connectivity index (χ1n) is 13.5. The van der Waals surface area contributed by atoms with E-state index in [1.165, 1.54) is 26.3 Å². The van der Waals surface area contributed by atoms with Gasteiger partial charge in [0, 0.05) is 24.3 Å². The lowest BCUT2D eigenvalue weighted by Crippen LogP contribution is -2.40. The van der Waals surface area contributed by atoms with Crippen molar-refractivity contribution in [3.05, 3.63) is 83.4 Å². The van der Waals surface area contributed by atoms with Gasteiger partial charge in [-0.25, -0.2) is 9.78 Å². The molecule has 1 amide bonds. The molecule has 10 heteroatoms. The van der Waals surface area contributed by atoms with E-state index in [1.807, 2.05) is 48.5 Å². The molecule has 0 aliphatic heterocycles. The van der Waals surface area contributed by atoms with Crippen molar-refractivity contribution in [3.8, 4) is 23.0 Å². The molecule has 0 radical (unpaired) electrons. The van der Waals surface area contributed by atoms with Crippen LogP contribution in [0.3, 0.4) is 0 Å². The second kappa shape index (κ2) is 13.7. The van der Waals surface area contributed by atoms with E-state index in [0.29, 0.717) is 28.7 Å². The monoisotopic (exact) mass is 574 g/mol. The normalized spacial score (nSPS) is 12.9. The van der Waals surface area contributed by atoms with Crippen molar-refractivity contribution in [2.45, 2.75) is 39.2 Å². The number of aromatic nitrogens is 1. The van der Waals surface area contributed by atoms with Crippen LogP contribution in [0, 0.1) is 5.92 Å². The second-order valence-electron chi connectivity index (χ2n) is 9.82. The molecule has 42 heavy (non-hydrogen) atoms. The SMILES string of the molecule is COc1ccc(C(=C(C)OC(=O)[C@H](C)NC(=O)c2nccc(OC)c2OC(=O)CC2CC2)c2ccc(OC)cc2)cc1. The standard InChI is InChI=1S/C32H34N2O8/c1-19(34-31(36)29-30(26(40-5)16-17-33-29)42-27(35)18-21-6-7-21)32(37)41-20(2)28(22-8-12-24(38-3)13-9-22)23-10-14-25(39-4)15-11-23/h8-17,19,21H,6-7,18H2,1-5H3,(H,34,36)/t19-/m0/s1. The molecule has 1 aliphatic rings. The van der Waals surface area contributed by atoms with Gasteiger partial charge >= 0.3 is 11.9 Å². The van der Waals surface area contributed by atoms with Crippen LogP contribution in [0.25, 0.3) is 5.57 Å². The molecule has 0 unspecified atom stereocenters. The van der Waals surface area contributed by atoms with Gasteiger partial charge in [-0.05, 0) is 68.0 Å². The van der Waals surface area contributed by atoms with Gasteiger partial charge in [0.15, 0.2) is 11.4 Å². The average molecular weight is 575 g/mol. The van der Waals surface area contributed by atoms with Crippen molar-refractivity contribution in [2.75, 3.05) is 21.3 Å². The lowest BCUT2D eigenvalue weighted by molar-refractivity contribution is -0.141. The summed E-state index contributed by atoms with van der Waals surface area (Å²) in [6, 6.07) is 15.1. The number of hydrogen-bond acceptors (Lipinski definition) is 9. The van der Waals surface area contributed by atoms with E-state index in [4.69, 9.17) is 23.7 Å². The first kappa shape index (κ1) is 30.1. The summed E-state index contributed by atoms with van der Waals surface area (Å²) in [5.74, 6) is 0.170. The molecule has 2 aromatic carbocycles. The zero-order chi connectivity index (χ0) is 30.2. The minimum Gasteiger partial charge on any atom is -0.497 e.